The number of benzene rings is 1. The molecular weight excluding hydrogens is 430 g/mol. The van der Waals surface area contributed by atoms with Crippen LogP contribution in [0.1, 0.15) is 40.3 Å². The highest BCUT2D eigenvalue weighted by atomic mass is 16.1. The number of nitrogens with zero attached hydrogens (tertiary/aromatic N) is 5. The Bertz CT molecular complexity index is 1230. The maximum atomic E-state index is 12.9. The summed E-state index contributed by atoms with van der Waals surface area (Å²) in [5.41, 5.74) is 11.1. The van der Waals surface area contributed by atoms with Gasteiger partial charge in [0.15, 0.2) is 5.82 Å². The number of nitrogens with one attached hydrogen (secondary N) is 3. The molecule has 5 N–H and O–H groups in total. The van der Waals surface area contributed by atoms with Crippen molar-refractivity contribution in [3.05, 3.63) is 53.1 Å². The number of nitrogen functional groups attached to an aromatic ring is 1. The Morgan fingerprint density at radius 3 is 2.71 bits per heavy atom. The molecule has 3 aromatic rings. The van der Waals surface area contributed by atoms with Crippen molar-refractivity contribution in [1.82, 2.24) is 19.9 Å². The van der Waals surface area contributed by atoms with E-state index in [4.69, 9.17) is 5.73 Å². The summed E-state index contributed by atoms with van der Waals surface area (Å²) in [6.45, 7) is 3.08. The summed E-state index contributed by atoms with van der Waals surface area (Å²) < 4.78 is 1.96. The molecule has 0 unspecified atom stereocenters. The highest BCUT2D eigenvalue weighted by Crippen LogP contribution is 2.30. The van der Waals surface area contributed by atoms with E-state index >= 15 is 0 Å². The van der Waals surface area contributed by atoms with Crippen LogP contribution in [-0.2, 0) is 13.1 Å². The molecule has 2 aliphatic rings. The molecule has 4 heterocycles. The summed E-state index contributed by atoms with van der Waals surface area (Å²) in [6.07, 6.45) is 5.99. The predicted molar refractivity (Wildman–Crippen MR) is 135 cm³/mol. The standard InChI is InChI=1S/C24H29N9O/c1-26-19-10-21(25)31-23(27-2)17(19)11-29-24(34)20-14-33-13-15-5-6-16(32-7-3-4-8-32)9-18(15)28-12-22(33)30-20/h5-6,9-10,12,14H,3-4,7-8,11,13H2,1-2H3,(H,29,34)(H4,25,26,27,31). The lowest BCUT2D eigenvalue weighted by molar-refractivity contribution is 0.0946. The zero-order chi connectivity index (χ0) is 23.7. The lowest BCUT2D eigenvalue weighted by atomic mass is 10.1. The molecule has 10 heteroatoms. The van der Waals surface area contributed by atoms with Crippen LogP contribution in [-0.4, -0.2) is 53.8 Å². The highest BCUT2D eigenvalue weighted by molar-refractivity contribution is 5.93. The van der Waals surface area contributed by atoms with Crippen molar-refractivity contribution in [2.45, 2.75) is 25.9 Å². The zero-order valence-corrected chi connectivity index (χ0v) is 19.4. The van der Waals surface area contributed by atoms with Crippen LogP contribution in [0.4, 0.5) is 28.7 Å². The second kappa shape index (κ2) is 9.05. The van der Waals surface area contributed by atoms with Crippen LogP contribution < -0.4 is 26.6 Å². The molecule has 1 aromatic carbocycles. The van der Waals surface area contributed by atoms with Gasteiger partial charge in [0.05, 0.1) is 18.4 Å². The Kier molecular flexibility index (Phi) is 5.79. The minimum Gasteiger partial charge on any atom is -0.388 e. The average molecular weight is 460 g/mol. The number of aliphatic imine (C=N–C) groups is 1. The maximum Gasteiger partial charge on any atom is 0.271 e. The number of nitrogens with two attached hydrogens (primary N) is 1. The monoisotopic (exact) mass is 459 g/mol. The van der Waals surface area contributed by atoms with Crippen LogP contribution >= 0.6 is 0 Å². The third kappa shape index (κ3) is 4.14. The number of aromatic nitrogens is 3. The molecule has 0 spiro atoms. The van der Waals surface area contributed by atoms with Gasteiger partial charge in [0, 0.05) is 62.9 Å². The minimum absolute atomic E-state index is 0.264. The van der Waals surface area contributed by atoms with E-state index in [0.717, 1.165) is 35.6 Å². The minimum atomic E-state index is -0.264. The summed E-state index contributed by atoms with van der Waals surface area (Å²) in [5.74, 6) is 1.40. The van der Waals surface area contributed by atoms with Crippen molar-refractivity contribution >= 4 is 40.8 Å². The molecule has 0 aliphatic carbocycles. The third-order valence-electron chi connectivity index (χ3n) is 6.32. The van der Waals surface area contributed by atoms with Gasteiger partial charge in [-0.25, -0.2) is 9.97 Å². The molecule has 2 aromatic heterocycles. The summed E-state index contributed by atoms with van der Waals surface area (Å²) in [7, 11) is 3.57. The van der Waals surface area contributed by atoms with Crippen LogP contribution in [0.15, 0.2) is 35.5 Å². The largest absolute Gasteiger partial charge is 0.388 e. The zero-order valence-electron chi connectivity index (χ0n) is 19.4. The molecule has 0 saturated carbocycles. The first-order valence-corrected chi connectivity index (χ1v) is 11.5. The van der Waals surface area contributed by atoms with E-state index in [1.807, 2.05) is 4.57 Å². The second-order valence-corrected chi connectivity index (χ2v) is 8.48. The Morgan fingerprint density at radius 2 is 1.94 bits per heavy atom. The van der Waals surface area contributed by atoms with Gasteiger partial charge >= 0.3 is 0 Å². The number of carbonyl (C=O) groups is 1. The van der Waals surface area contributed by atoms with Crippen LogP contribution in [0.25, 0.3) is 0 Å². The van der Waals surface area contributed by atoms with E-state index in [1.165, 1.54) is 18.5 Å². The van der Waals surface area contributed by atoms with E-state index in [1.54, 1.807) is 32.6 Å². The van der Waals surface area contributed by atoms with Crippen molar-refractivity contribution in [1.29, 1.82) is 0 Å². The van der Waals surface area contributed by atoms with Gasteiger partial charge in [-0.05, 0) is 30.5 Å². The Labute approximate surface area is 198 Å². The number of pyridine rings is 1. The van der Waals surface area contributed by atoms with Crippen molar-refractivity contribution in [3.8, 4) is 0 Å². The van der Waals surface area contributed by atoms with Crippen molar-refractivity contribution < 1.29 is 4.79 Å². The van der Waals surface area contributed by atoms with Crippen molar-refractivity contribution in [2.24, 2.45) is 4.99 Å². The van der Waals surface area contributed by atoms with E-state index < -0.39 is 0 Å². The fraction of sp³-hybridized carbons (Fsp3) is 0.333. The number of hydrogen-bond donors (Lipinski definition) is 4. The van der Waals surface area contributed by atoms with Crippen LogP contribution in [0.3, 0.4) is 0 Å². The Hall–Kier alpha value is -4.08. The maximum absolute atomic E-state index is 12.9. The first kappa shape index (κ1) is 21.7. The van der Waals surface area contributed by atoms with E-state index in [2.05, 4.69) is 54.0 Å². The molecule has 34 heavy (non-hydrogen) atoms. The molecule has 0 atom stereocenters. The normalized spacial score (nSPS) is 14.4. The lowest BCUT2D eigenvalue weighted by Gasteiger charge is -2.18. The Morgan fingerprint density at radius 1 is 1.12 bits per heavy atom. The highest BCUT2D eigenvalue weighted by Gasteiger charge is 2.19. The number of carbonyl (C=O) groups excluding carboxylic acids is 1. The van der Waals surface area contributed by atoms with Gasteiger partial charge in [-0.3, -0.25) is 9.79 Å². The smallest absolute Gasteiger partial charge is 0.271 e. The van der Waals surface area contributed by atoms with Gasteiger partial charge in [0.25, 0.3) is 5.91 Å². The number of imidazole rings is 1. The molecule has 1 fully saturated rings. The number of hydrogen-bond acceptors (Lipinski definition) is 8. The van der Waals surface area contributed by atoms with Crippen LogP contribution in [0, 0.1) is 0 Å². The molecule has 0 radical (unpaired) electrons. The number of rotatable bonds is 6. The molecule has 176 valence electrons. The first-order valence-electron chi connectivity index (χ1n) is 11.5. The molecule has 0 bridgehead atoms. The Balaban J connectivity index is 1.32. The average Bonchev–Trinajstić information content (AvgIpc) is 3.49. The summed E-state index contributed by atoms with van der Waals surface area (Å²) >= 11 is 0. The molecular formula is C24H29N9O. The summed E-state index contributed by atoms with van der Waals surface area (Å²) in [4.78, 5) is 28.8. The van der Waals surface area contributed by atoms with Gasteiger partial charge in [-0.1, -0.05) is 6.07 Å². The quantitative estimate of drug-likeness (QED) is 0.349. The summed E-state index contributed by atoms with van der Waals surface area (Å²) in [5, 5.41) is 9.07. The predicted octanol–water partition coefficient (Wildman–Crippen LogP) is 2.59. The molecule has 2 aliphatic heterocycles. The van der Waals surface area contributed by atoms with E-state index in [0.29, 0.717) is 29.7 Å². The molecule has 10 nitrogen and oxygen atoms in total. The fourth-order valence-electron chi connectivity index (χ4n) is 4.52. The lowest BCUT2D eigenvalue weighted by Crippen LogP contribution is -2.24. The van der Waals surface area contributed by atoms with Gasteiger partial charge in [-0.15, -0.1) is 0 Å². The number of fused-ring (bicyclic) bond motifs is 2. The second-order valence-electron chi connectivity index (χ2n) is 8.48. The van der Waals surface area contributed by atoms with Crippen LogP contribution in [0.5, 0.6) is 0 Å². The topological polar surface area (TPSA) is 125 Å². The van der Waals surface area contributed by atoms with Gasteiger partial charge < -0.3 is 31.2 Å². The van der Waals surface area contributed by atoms with Crippen LogP contribution in [0.2, 0.25) is 0 Å². The van der Waals surface area contributed by atoms with Gasteiger partial charge in [-0.2, -0.15) is 0 Å². The molecule has 5 rings (SSSR count). The number of anilines is 4. The van der Waals surface area contributed by atoms with Crippen molar-refractivity contribution in [2.75, 3.05) is 48.5 Å². The molecule has 1 amide bonds. The van der Waals surface area contributed by atoms with Gasteiger partial charge in [0.1, 0.15) is 17.3 Å². The SMILES string of the molecule is CNc1cc(N)nc(NC)c1CNC(=O)c1cn2c(n1)C=Nc1cc(N3CCCC3)ccc1C2. The van der Waals surface area contributed by atoms with Crippen molar-refractivity contribution in [3.63, 3.8) is 0 Å². The summed E-state index contributed by atoms with van der Waals surface area (Å²) in [6, 6.07) is 8.18. The fourth-order valence-corrected chi connectivity index (χ4v) is 4.52. The van der Waals surface area contributed by atoms with E-state index in [-0.39, 0.29) is 12.5 Å². The number of amides is 1. The van der Waals surface area contributed by atoms with E-state index in [9.17, 15) is 4.79 Å². The third-order valence-corrected chi connectivity index (χ3v) is 6.32. The first-order chi connectivity index (χ1) is 16.6. The van der Waals surface area contributed by atoms with Gasteiger partial charge in [0.2, 0.25) is 0 Å². The molecule has 1 saturated heterocycles.